The van der Waals surface area contributed by atoms with E-state index in [0.29, 0.717) is 50.3 Å². The van der Waals surface area contributed by atoms with Crippen LogP contribution in [0.25, 0.3) is 0 Å². The Morgan fingerprint density at radius 3 is 2.09 bits per heavy atom. The maximum atomic E-state index is 13.6. The smallest absolute Gasteiger partial charge is 0.377 e. The van der Waals surface area contributed by atoms with Crippen LogP contribution in [-0.4, -0.2) is 19.1 Å². The summed E-state index contributed by atoms with van der Waals surface area (Å²) in [6.07, 6.45) is -3.01. The number of alkyl halides is 6. The molecule has 0 heterocycles. The summed E-state index contributed by atoms with van der Waals surface area (Å²) in [5, 5.41) is 2.64. The van der Waals surface area contributed by atoms with Crippen LogP contribution < -0.4 is 5.32 Å². The quantitative estimate of drug-likeness (QED) is 0.134. The van der Waals surface area contributed by atoms with E-state index in [0.717, 1.165) is 18.6 Å². The second-order valence-electron chi connectivity index (χ2n) is 8.23. The highest BCUT2D eigenvalue weighted by Gasteiger charge is 2.36. The van der Waals surface area contributed by atoms with Gasteiger partial charge in [-0.15, -0.1) is 0 Å². The fraction of sp³-hybridized carbons (Fsp3) is 0.542. The molecule has 34 heavy (non-hydrogen) atoms. The van der Waals surface area contributed by atoms with Gasteiger partial charge in [0.2, 0.25) is 5.91 Å². The summed E-state index contributed by atoms with van der Waals surface area (Å²) in [5.41, 5.74) is -2.94. The van der Waals surface area contributed by atoms with Crippen molar-refractivity contribution in [3.63, 3.8) is 0 Å². The Bertz CT molecular complexity index is 795. The van der Waals surface area contributed by atoms with Crippen LogP contribution in [0.2, 0.25) is 0 Å². The van der Waals surface area contributed by atoms with Crippen LogP contribution in [0, 0.1) is 5.92 Å². The van der Waals surface area contributed by atoms with E-state index in [4.69, 9.17) is 4.74 Å². The van der Waals surface area contributed by atoms with Gasteiger partial charge in [-0.2, -0.15) is 26.3 Å². The standard InChI is InChI=1S/C24H30F7NO2/c1-17(2)15-32-22(33)10-9-21(25)8-6-4-3-5-7-11-34-16-18-12-19(23(26,27)28)14-20(13-18)24(29,30)31/h8-10,12-14,17H,3-7,11,15-16H2,1-2H3,(H,32,33)/b10-9+,21-8+. The highest BCUT2D eigenvalue weighted by molar-refractivity contribution is 5.87. The van der Waals surface area contributed by atoms with E-state index in [-0.39, 0.29) is 30.8 Å². The second kappa shape index (κ2) is 14.1. The Labute approximate surface area is 195 Å². The lowest BCUT2D eigenvalue weighted by atomic mass is 10.1. The third kappa shape index (κ3) is 12.8. The molecule has 1 N–H and O–H groups in total. The number of halogens is 7. The molecule has 192 valence electrons. The predicted octanol–water partition coefficient (Wildman–Crippen LogP) is 7.37. The highest BCUT2D eigenvalue weighted by atomic mass is 19.4. The lowest BCUT2D eigenvalue weighted by molar-refractivity contribution is -0.143. The number of ether oxygens (including phenoxy) is 1. The average molecular weight is 497 g/mol. The van der Waals surface area contributed by atoms with Gasteiger partial charge in [0.15, 0.2) is 0 Å². The fourth-order valence-electron chi connectivity index (χ4n) is 2.82. The molecule has 0 aliphatic carbocycles. The predicted molar refractivity (Wildman–Crippen MR) is 115 cm³/mol. The minimum atomic E-state index is -4.89. The van der Waals surface area contributed by atoms with Gasteiger partial charge in [0.25, 0.3) is 0 Å². The molecule has 3 nitrogen and oxygen atoms in total. The van der Waals surface area contributed by atoms with Crippen LogP contribution in [0.4, 0.5) is 30.7 Å². The number of amides is 1. The number of nitrogens with one attached hydrogen (secondary N) is 1. The van der Waals surface area contributed by atoms with Crippen molar-refractivity contribution in [2.45, 2.75) is 64.9 Å². The van der Waals surface area contributed by atoms with E-state index < -0.39 is 29.3 Å². The number of unbranched alkanes of at least 4 members (excludes halogenated alkanes) is 4. The van der Waals surface area contributed by atoms with E-state index >= 15 is 0 Å². The molecule has 1 amide bonds. The molecule has 0 aliphatic heterocycles. The van der Waals surface area contributed by atoms with E-state index in [2.05, 4.69) is 5.32 Å². The molecule has 0 saturated heterocycles. The van der Waals surface area contributed by atoms with Crippen LogP contribution >= 0.6 is 0 Å². The summed E-state index contributed by atoms with van der Waals surface area (Å²) in [6.45, 7) is 4.21. The van der Waals surface area contributed by atoms with Crippen molar-refractivity contribution in [2.75, 3.05) is 13.2 Å². The van der Waals surface area contributed by atoms with Crippen molar-refractivity contribution < 1.29 is 40.3 Å². The summed E-state index contributed by atoms with van der Waals surface area (Å²) in [7, 11) is 0. The van der Waals surface area contributed by atoms with Gasteiger partial charge in [0, 0.05) is 19.2 Å². The SMILES string of the molecule is CC(C)CNC(=O)/C=C/C(F)=C\CCCCCCOCc1cc(C(F)(F)F)cc(C(F)(F)F)c1. The summed E-state index contributed by atoms with van der Waals surface area (Å²) >= 11 is 0. The molecule has 1 rings (SSSR count). The third-order valence-electron chi connectivity index (χ3n) is 4.58. The van der Waals surface area contributed by atoms with Gasteiger partial charge >= 0.3 is 12.4 Å². The number of hydrogen-bond acceptors (Lipinski definition) is 2. The largest absolute Gasteiger partial charge is 0.416 e. The summed E-state index contributed by atoms with van der Waals surface area (Å²) in [5.74, 6) is -0.578. The second-order valence-corrected chi connectivity index (χ2v) is 8.23. The van der Waals surface area contributed by atoms with Gasteiger partial charge < -0.3 is 10.1 Å². The minimum absolute atomic E-state index is 0.0816. The molecule has 10 heteroatoms. The van der Waals surface area contributed by atoms with Crippen LogP contribution in [-0.2, 0) is 28.5 Å². The van der Waals surface area contributed by atoms with E-state index in [1.165, 1.54) is 6.08 Å². The molecule has 0 fully saturated rings. The van der Waals surface area contributed by atoms with Gasteiger partial charge in [-0.1, -0.05) is 26.7 Å². The molecule has 0 aromatic heterocycles. The first-order valence-electron chi connectivity index (χ1n) is 11.0. The van der Waals surface area contributed by atoms with Crippen molar-refractivity contribution in [2.24, 2.45) is 5.92 Å². The Morgan fingerprint density at radius 2 is 1.53 bits per heavy atom. The topological polar surface area (TPSA) is 38.3 Å². The number of carbonyl (C=O) groups is 1. The maximum Gasteiger partial charge on any atom is 0.416 e. The first kappa shape index (κ1) is 29.7. The highest BCUT2D eigenvalue weighted by Crippen LogP contribution is 2.36. The van der Waals surface area contributed by atoms with E-state index in [1.54, 1.807) is 0 Å². The lowest BCUT2D eigenvalue weighted by Crippen LogP contribution is -2.25. The zero-order chi connectivity index (χ0) is 25.8. The Kier molecular flexibility index (Phi) is 12.3. The maximum absolute atomic E-state index is 13.6. The minimum Gasteiger partial charge on any atom is -0.377 e. The monoisotopic (exact) mass is 497 g/mol. The van der Waals surface area contributed by atoms with E-state index in [9.17, 15) is 35.5 Å². The van der Waals surface area contributed by atoms with Gasteiger partial charge in [-0.25, -0.2) is 4.39 Å². The van der Waals surface area contributed by atoms with E-state index in [1.807, 2.05) is 13.8 Å². The molecule has 0 atom stereocenters. The van der Waals surface area contributed by atoms with Crippen molar-refractivity contribution in [1.82, 2.24) is 5.32 Å². The van der Waals surface area contributed by atoms with Crippen molar-refractivity contribution in [1.29, 1.82) is 0 Å². The van der Waals surface area contributed by atoms with Gasteiger partial charge in [0.1, 0.15) is 5.83 Å². The molecule has 0 unspecified atom stereocenters. The van der Waals surface area contributed by atoms with Crippen molar-refractivity contribution in [3.05, 3.63) is 58.9 Å². The van der Waals surface area contributed by atoms with Crippen LogP contribution in [0.5, 0.6) is 0 Å². The van der Waals surface area contributed by atoms with Crippen molar-refractivity contribution >= 4 is 5.91 Å². The number of carbonyl (C=O) groups excluding carboxylic acids is 1. The van der Waals surface area contributed by atoms with Crippen LogP contribution in [0.15, 0.2) is 42.3 Å². The van der Waals surface area contributed by atoms with Gasteiger partial charge in [-0.05, 0) is 61.1 Å². The normalized spacial score (nSPS) is 13.2. The molecule has 0 aliphatic rings. The Hall–Kier alpha value is -2.36. The fourth-order valence-corrected chi connectivity index (χ4v) is 2.82. The zero-order valence-corrected chi connectivity index (χ0v) is 19.2. The molecule has 0 saturated carbocycles. The van der Waals surface area contributed by atoms with Crippen LogP contribution in [0.3, 0.4) is 0 Å². The average Bonchev–Trinajstić information content (AvgIpc) is 2.73. The first-order chi connectivity index (χ1) is 15.8. The Morgan fingerprint density at radius 1 is 0.941 bits per heavy atom. The summed E-state index contributed by atoms with van der Waals surface area (Å²) in [4.78, 5) is 11.5. The molecule has 0 radical (unpaired) electrons. The zero-order valence-electron chi connectivity index (χ0n) is 19.2. The number of rotatable bonds is 13. The summed E-state index contributed by atoms with van der Waals surface area (Å²) < 4.78 is 96.0. The molecular formula is C24H30F7NO2. The summed E-state index contributed by atoms with van der Waals surface area (Å²) in [6, 6.07) is 1.38. The van der Waals surface area contributed by atoms with Gasteiger partial charge in [-0.3, -0.25) is 4.79 Å². The Balaban J connectivity index is 2.31. The van der Waals surface area contributed by atoms with Gasteiger partial charge in [0.05, 0.1) is 17.7 Å². The molecular weight excluding hydrogens is 467 g/mol. The molecule has 0 spiro atoms. The number of allylic oxidation sites excluding steroid dienone is 3. The van der Waals surface area contributed by atoms with Crippen LogP contribution in [0.1, 0.15) is 62.6 Å². The number of hydrogen-bond donors (Lipinski definition) is 1. The lowest BCUT2D eigenvalue weighted by Gasteiger charge is -2.14. The number of benzene rings is 1. The third-order valence-corrected chi connectivity index (χ3v) is 4.58. The molecule has 0 bridgehead atoms. The first-order valence-corrected chi connectivity index (χ1v) is 11.0. The molecule has 1 aromatic carbocycles. The van der Waals surface area contributed by atoms with Crippen molar-refractivity contribution in [3.8, 4) is 0 Å². The molecule has 1 aromatic rings.